The Bertz CT molecular complexity index is 809. The van der Waals surface area contributed by atoms with E-state index >= 15 is 0 Å². The predicted octanol–water partition coefficient (Wildman–Crippen LogP) is 3.32. The zero-order valence-electron chi connectivity index (χ0n) is 13.9. The zero-order chi connectivity index (χ0) is 16.5. The highest BCUT2D eigenvalue weighted by Gasteiger charge is 2.28. The topological polar surface area (TPSA) is 53.9 Å². The summed E-state index contributed by atoms with van der Waals surface area (Å²) in [5.74, 6) is 0.660. The van der Waals surface area contributed by atoms with Crippen LogP contribution in [0.2, 0.25) is 0 Å². The van der Waals surface area contributed by atoms with Crippen molar-refractivity contribution < 1.29 is 9.52 Å². The van der Waals surface area contributed by atoms with Gasteiger partial charge in [-0.1, -0.05) is 6.07 Å². The molecule has 0 radical (unpaired) electrons. The highest BCUT2D eigenvalue weighted by molar-refractivity contribution is 5.41. The van der Waals surface area contributed by atoms with E-state index in [9.17, 15) is 5.11 Å². The minimum Gasteiger partial charge on any atom is -0.467 e. The molecule has 4 rings (SSSR count). The van der Waals surface area contributed by atoms with Crippen LogP contribution in [0.5, 0.6) is 0 Å². The average Bonchev–Trinajstić information content (AvgIpc) is 3.30. The number of fused-ring (bicyclic) bond motifs is 1. The van der Waals surface area contributed by atoms with Crippen molar-refractivity contribution in [3.05, 3.63) is 59.9 Å². The number of hydrogen-bond donors (Lipinski definition) is 1. The Hall–Kier alpha value is -2.11. The van der Waals surface area contributed by atoms with Crippen LogP contribution in [0.25, 0.3) is 5.65 Å². The summed E-state index contributed by atoms with van der Waals surface area (Å²) < 4.78 is 7.51. The lowest BCUT2D eigenvalue weighted by molar-refractivity contribution is 0.0990. The fraction of sp³-hybridized carbons (Fsp3) is 0.421. The van der Waals surface area contributed by atoms with Gasteiger partial charge in [0.2, 0.25) is 0 Å². The molecule has 126 valence electrons. The molecule has 5 nitrogen and oxygen atoms in total. The van der Waals surface area contributed by atoms with Crippen molar-refractivity contribution >= 4 is 5.65 Å². The fourth-order valence-corrected chi connectivity index (χ4v) is 3.69. The van der Waals surface area contributed by atoms with Crippen LogP contribution in [0.3, 0.4) is 0 Å². The fourth-order valence-electron chi connectivity index (χ4n) is 3.69. The van der Waals surface area contributed by atoms with Gasteiger partial charge < -0.3 is 13.9 Å². The minimum atomic E-state index is -0.532. The highest BCUT2D eigenvalue weighted by Crippen LogP contribution is 2.29. The normalized spacial score (nSPS) is 20.0. The van der Waals surface area contributed by atoms with E-state index in [0.29, 0.717) is 18.2 Å². The van der Waals surface area contributed by atoms with E-state index in [4.69, 9.17) is 4.42 Å². The van der Waals surface area contributed by atoms with Crippen LogP contribution in [0.4, 0.5) is 0 Å². The second-order valence-electron chi connectivity index (χ2n) is 6.72. The second-order valence-corrected chi connectivity index (χ2v) is 6.72. The Balaban J connectivity index is 1.49. The maximum absolute atomic E-state index is 10.4. The Labute approximate surface area is 141 Å². The van der Waals surface area contributed by atoms with Crippen molar-refractivity contribution in [3.63, 3.8) is 0 Å². The first-order valence-corrected chi connectivity index (χ1v) is 8.59. The minimum absolute atomic E-state index is 0.375. The van der Waals surface area contributed by atoms with Gasteiger partial charge in [-0.2, -0.15) is 0 Å². The number of aliphatic hydroxyl groups excluding tert-OH is 1. The van der Waals surface area contributed by atoms with Crippen molar-refractivity contribution in [1.82, 2.24) is 14.3 Å². The van der Waals surface area contributed by atoms with Gasteiger partial charge in [0, 0.05) is 18.8 Å². The summed E-state index contributed by atoms with van der Waals surface area (Å²) in [5.41, 5.74) is 3.42. The predicted molar refractivity (Wildman–Crippen MR) is 91.6 cm³/mol. The molecule has 0 saturated carbocycles. The van der Waals surface area contributed by atoms with Crippen LogP contribution in [-0.2, 0) is 6.54 Å². The van der Waals surface area contributed by atoms with E-state index in [1.807, 2.05) is 18.3 Å². The summed E-state index contributed by atoms with van der Waals surface area (Å²) in [6.45, 7) is 4.02. The average molecular weight is 325 g/mol. The number of nitrogens with zero attached hydrogens (tertiary/aromatic N) is 3. The standard InChI is InChI=1S/C19H23N3O2/c1-14-6-7-19-20-11-16(22(19)12-14)13-21-8-2-4-15(21)10-17(23)18-5-3-9-24-18/h3,5-7,9,11-12,15,17,23H,2,4,8,10,13H2,1H3. The van der Waals surface area contributed by atoms with Gasteiger partial charge in [-0.05, 0) is 56.5 Å². The third-order valence-electron chi connectivity index (χ3n) is 4.96. The zero-order valence-corrected chi connectivity index (χ0v) is 13.9. The molecule has 1 fully saturated rings. The van der Waals surface area contributed by atoms with E-state index in [2.05, 4.69) is 39.5 Å². The Morgan fingerprint density at radius 1 is 1.38 bits per heavy atom. The molecule has 5 heteroatoms. The first kappa shape index (κ1) is 15.4. The second kappa shape index (κ2) is 6.42. The third kappa shape index (κ3) is 2.97. The molecule has 4 heterocycles. The number of imidazole rings is 1. The van der Waals surface area contributed by atoms with Crippen molar-refractivity contribution in [2.45, 2.75) is 44.9 Å². The quantitative estimate of drug-likeness (QED) is 0.782. The molecule has 2 atom stereocenters. The van der Waals surface area contributed by atoms with Gasteiger partial charge in [-0.15, -0.1) is 0 Å². The number of rotatable bonds is 5. The number of likely N-dealkylation sites (tertiary alicyclic amines) is 1. The summed E-state index contributed by atoms with van der Waals surface area (Å²) in [4.78, 5) is 6.96. The van der Waals surface area contributed by atoms with E-state index < -0.39 is 6.10 Å². The molecule has 0 spiro atoms. The lowest BCUT2D eigenvalue weighted by Gasteiger charge is -2.25. The number of furan rings is 1. The number of pyridine rings is 1. The van der Waals surface area contributed by atoms with Gasteiger partial charge in [0.15, 0.2) is 0 Å². The van der Waals surface area contributed by atoms with Gasteiger partial charge in [0.1, 0.15) is 17.5 Å². The van der Waals surface area contributed by atoms with Crippen molar-refractivity contribution in [2.24, 2.45) is 0 Å². The highest BCUT2D eigenvalue weighted by atomic mass is 16.4. The monoisotopic (exact) mass is 325 g/mol. The molecule has 0 amide bonds. The van der Waals surface area contributed by atoms with Gasteiger partial charge >= 0.3 is 0 Å². The smallest absolute Gasteiger partial charge is 0.136 e. The molecule has 0 aliphatic carbocycles. The van der Waals surface area contributed by atoms with Crippen LogP contribution in [0, 0.1) is 6.92 Å². The van der Waals surface area contributed by atoms with Crippen molar-refractivity contribution in [2.75, 3.05) is 6.54 Å². The number of aryl methyl sites for hydroxylation is 1. The van der Waals surface area contributed by atoms with Gasteiger partial charge in [-0.25, -0.2) is 4.98 Å². The molecule has 2 unspecified atom stereocenters. The lowest BCUT2D eigenvalue weighted by atomic mass is 10.1. The van der Waals surface area contributed by atoms with Crippen molar-refractivity contribution in [1.29, 1.82) is 0 Å². The lowest BCUT2D eigenvalue weighted by Crippen LogP contribution is -2.30. The van der Waals surface area contributed by atoms with Crippen LogP contribution in [-0.4, -0.2) is 32.0 Å². The van der Waals surface area contributed by atoms with E-state index in [0.717, 1.165) is 25.2 Å². The first-order chi connectivity index (χ1) is 11.7. The SMILES string of the molecule is Cc1ccc2ncc(CN3CCCC3CC(O)c3ccco3)n2c1. The number of aliphatic hydroxyl groups is 1. The molecule has 1 N–H and O–H groups in total. The summed E-state index contributed by atoms with van der Waals surface area (Å²) >= 11 is 0. The molecule has 1 aliphatic rings. The van der Waals surface area contributed by atoms with Gasteiger partial charge in [0.25, 0.3) is 0 Å². The van der Waals surface area contributed by atoms with Gasteiger partial charge in [0.05, 0.1) is 18.2 Å². The maximum Gasteiger partial charge on any atom is 0.136 e. The molecule has 0 bridgehead atoms. The van der Waals surface area contributed by atoms with Crippen molar-refractivity contribution in [3.8, 4) is 0 Å². The van der Waals surface area contributed by atoms with Crippen LogP contribution >= 0.6 is 0 Å². The summed E-state index contributed by atoms with van der Waals surface area (Å²) in [6.07, 6.45) is 8.19. The molecular formula is C19H23N3O2. The summed E-state index contributed by atoms with van der Waals surface area (Å²) in [6, 6.07) is 8.19. The van der Waals surface area contributed by atoms with E-state index in [1.54, 1.807) is 6.26 Å². The maximum atomic E-state index is 10.4. The molecule has 24 heavy (non-hydrogen) atoms. The summed E-state index contributed by atoms with van der Waals surface area (Å²) in [5, 5.41) is 10.4. The Kier molecular flexibility index (Phi) is 4.12. The number of hydrogen-bond acceptors (Lipinski definition) is 4. The molecule has 3 aromatic rings. The van der Waals surface area contributed by atoms with E-state index in [-0.39, 0.29) is 0 Å². The van der Waals surface area contributed by atoms with Gasteiger partial charge in [-0.3, -0.25) is 4.90 Å². The molecule has 3 aromatic heterocycles. The molecule has 1 aliphatic heterocycles. The van der Waals surface area contributed by atoms with Crippen LogP contribution < -0.4 is 0 Å². The number of aromatic nitrogens is 2. The molecule has 1 saturated heterocycles. The molecular weight excluding hydrogens is 302 g/mol. The Morgan fingerprint density at radius 3 is 3.12 bits per heavy atom. The third-order valence-corrected chi connectivity index (χ3v) is 4.96. The van der Waals surface area contributed by atoms with Crippen LogP contribution in [0.1, 0.15) is 42.4 Å². The van der Waals surface area contributed by atoms with E-state index in [1.165, 1.54) is 17.7 Å². The Morgan fingerprint density at radius 2 is 2.29 bits per heavy atom. The summed E-state index contributed by atoms with van der Waals surface area (Å²) in [7, 11) is 0. The first-order valence-electron chi connectivity index (χ1n) is 8.59. The van der Waals surface area contributed by atoms with Crippen LogP contribution in [0.15, 0.2) is 47.3 Å². The molecule has 0 aromatic carbocycles. The largest absolute Gasteiger partial charge is 0.467 e.